The lowest BCUT2D eigenvalue weighted by Gasteiger charge is -2.32. The second kappa shape index (κ2) is 7.98. The molecule has 0 aliphatic heterocycles. The average molecular weight is 300 g/mol. The van der Waals surface area contributed by atoms with E-state index < -0.39 is 5.97 Å². The lowest BCUT2D eigenvalue weighted by Crippen LogP contribution is -2.19. The van der Waals surface area contributed by atoms with Gasteiger partial charge in [-0.25, -0.2) is 4.79 Å². The summed E-state index contributed by atoms with van der Waals surface area (Å²) in [6, 6.07) is 0. The quantitative estimate of drug-likeness (QED) is 0.530. The molecule has 1 rings (SSSR count). The van der Waals surface area contributed by atoms with Gasteiger partial charge in [-0.1, -0.05) is 55.4 Å². The van der Waals surface area contributed by atoms with Gasteiger partial charge in [-0.15, -0.1) is 0 Å². The van der Waals surface area contributed by atoms with Crippen molar-refractivity contribution in [2.24, 2.45) is 5.41 Å². The van der Waals surface area contributed by atoms with Gasteiger partial charge in [0.2, 0.25) is 0 Å². The van der Waals surface area contributed by atoms with E-state index in [4.69, 9.17) is 5.11 Å². The van der Waals surface area contributed by atoms with Gasteiger partial charge in [0.25, 0.3) is 0 Å². The number of carbonyl (C=O) groups is 1. The van der Waals surface area contributed by atoms with Crippen LogP contribution >= 0.6 is 0 Å². The Kier molecular flexibility index (Phi) is 6.61. The van der Waals surface area contributed by atoms with Crippen molar-refractivity contribution >= 4 is 5.97 Å². The maximum absolute atomic E-state index is 10.5. The molecule has 22 heavy (non-hydrogen) atoms. The van der Waals surface area contributed by atoms with Crippen molar-refractivity contribution in [2.45, 2.75) is 53.9 Å². The zero-order valence-electron chi connectivity index (χ0n) is 14.4. The van der Waals surface area contributed by atoms with E-state index in [0.29, 0.717) is 0 Å². The maximum Gasteiger partial charge on any atom is 0.328 e. The van der Waals surface area contributed by atoms with Crippen molar-refractivity contribution in [3.8, 4) is 0 Å². The summed E-state index contributed by atoms with van der Waals surface area (Å²) in [6.07, 6.45) is 15.0. The van der Waals surface area contributed by atoms with E-state index in [9.17, 15) is 4.79 Å². The number of hydrogen-bond acceptors (Lipinski definition) is 1. The van der Waals surface area contributed by atoms with Gasteiger partial charge in [0.1, 0.15) is 0 Å². The fourth-order valence-electron chi connectivity index (χ4n) is 2.88. The Bertz CT molecular complexity index is 567. The first-order valence-electron chi connectivity index (χ1n) is 7.87. The molecule has 0 aromatic carbocycles. The highest BCUT2D eigenvalue weighted by molar-refractivity contribution is 5.81. The largest absolute Gasteiger partial charge is 0.478 e. The second-order valence-electron chi connectivity index (χ2n) is 6.76. The molecule has 0 heterocycles. The second-order valence-corrected chi connectivity index (χ2v) is 6.76. The molecule has 1 N–H and O–H groups in total. The summed E-state index contributed by atoms with van der Waals surface area (Å²) >= 11 is 0. The molecule has 0 fully saturated rings. The summed E-state index contributed by atoms with van der Waals surface area (Å²) in [4.78, 5) is 10.5. The van der Waals surface area contributed by atoms with Crippen molar-refractivity contribution in [3.05, 3.63) is 58.7 Å². The van der Waals surface area contributed by atoms with Gasteiger partial charge >= 0.3 is 5.97 Å². The van der Waals surface area contributed by atoms with Crippen molar-refractivity contribution in [3.63, 3.8) is 0 Å². The van der Waals surface area contributed by atoms with Gasteiger partial charge in [-0.2, -0.15) is 0 Å². The van der Waals surface area contributed by atoms with E-state index in [0.717, 1.165) is 11.1 Å². The standard InChI is InChI=1S/C20H28O2/c1-15(8-6-9-16(2)14-19(21)22)11-12-18-17(3)10-7-13-20(18,4)5/h6,8-9,11-12,14H,7,10,13H2,1-5H3,(H,21,22)/b9-6?,12-11?,15-8-,16-14?. The van der Waals surface area contributed by atoms with Gasteiger partial charge in [-0.05, 0) is 56.6 Å². The Labute approximate surface area is 134 Å². The average Bonchev–Trinajstić information content (AvgIpc) is 2.36. The minimum Gasteiger partial charge on any atom is -0.478 e. The Morgan fingerprint density at radius 3 is 2.45 bits per heavy atom. The topological polar surface area (TPSA) is 37.3 Å². The summed E-state index contributed by atoms with van der Waals surface area (Å²) in [5.41, 5.74) is 5.09. The SMILES string of the molecule is CC(C=C/C=C(/C)C=CC1=C(C)CCCC1(C)C)=CC(=O)O. The minimum absolute atomic E-state index is 0.260. The third-order valence-electron chi connectivity index (χ3n) is 4.12. The van der Waals surface area contributed by atoms with Crippen LogP contribution in [-0.4, -0.2) is 11.1 Å². The molecule has 0 aromatic rings. The van der Waals surface area contributed by atoms with Crippen LogP contribution in [0.15, 0.2) is 58.7 Å². The van der Waals surface area contributed by atoms with E-state index >= 15 is 0 Å². The Hall–Kier alpha value is -1.83. The highest BCUT2D eigenvalue weighted by Gasteiger charge is 2.26. The molecule has 0 spiro atoms. The molecule has 0 bridgehead atoms. The van der Waals surface area contributed by atoms with Crippen molar-refractivity contribution in [1.82, 2.24) is 0 Å². The van der Waals surface area contributed by atoms with Gasteiger partial charge in [-0.3, -0.25) is 0 Å². The molecule has 1 aliphatic carbocycles. The molecule has 0 unspecified atom stereocenters. The number of carboxylic acids is 1. The molecule has 2 nitrogen and oxygen atoms in total. The molecule has 0 saturated carbocycles. The smallest absolute Gasteiger partial charge is 0.328 e. The first kappa shape index (κ1) is 18.2. The first-order valence-corrected chi connectivity index (χ1v) is 7.87. The Morgan fingerprint density at radius 1 is 1.18 bits per heavy atom. The maximum atomic E-state index is 10.5. The monoisotopic (exact) mass is 300 g/mol. The zero-order valence-corrected chi connectivity index (χ0v) is 14.4. The summed E-state index contributed by atoms with van der Waals surface area (Å²) in [5, 5.41) is 8.65. The molecule has 0 saturated heterocycles. The van der Waals surface area contributed by atoms with Gasteiger partial charge in [0, 0.05) is 6.08 Å². The van der Waals surface area contributed by atoms with Crippen LogP contribution in [-0.2, 0) is 4.79 Å². The van der Waals surface area contributed by atoms with E-state index in [1.54, 1.807) is 13.0 Å². The third kappa shape index (κ3) is 5.88. The summed E-state index contributed by atoms with van der Waals surface area (Å²) in [7, 11) is 0. The van der Waals surface area contributed by atoms with Crippen LogP contribution in [0.1, 0.15) is 53.9 Å². The van der Waals surface area contributed by atoms with Crippen LogP contribution in [0.4, 0.5) is 0 Å². The minimum atomic E-state index is -0.912. The molecule has 2 heteroatoms. The summed E-state index contributed by atoms with van der Waals surface area (Å²) in [6.45, 7) is 10.7. The number of aliphatic carboxylic acids is 1. The summed E-state index contributed by atoms with van der Waals surface area (Å²) < 4.78 is 0. The molecule has 120 valence electrons. The Balaban J connectivity index is 2.79. The number of rotatable bonds is 5. The fraction of sp³-hybridized carbons (Fsp3) is 0.450. The molecule has 0 aromatic heterocycles. The molecular weight excluding hydrogens is 272 g/mol. The normalized spacial score (nSPS) is 20.2. The molecule has 1 aliphatic rings. The van der Waals surface area contributed by atoms with Crippen molar-refractivity contribution in [1.29, 1.82) is 0 Å². The van der Waals surface area contributed by atoms with Crippen LogP contribution in [0, 0.1) is 5.41 Å². The number of allylic oxidation sites excluding steroid dienone is 9. The number of hydrogen-bond donors (Lipinski definition) is 1. The zero-order chi connectivity index (χ0) is 16.8. The fourth-order valence-corrected chi connectivity index (χ4v) is 2.88. The third-order valence-corrected chi connectivity index (χ3v) is 4.12. The lowest BCUT2D eigenvalue weighted by atomic mass is 9.72. The van der Waals surface area contributed by atoms with Crippen LogP contribution < -0.4 is 0 Å². The van der Waals surface area contributed by atoms with Crippen LogP contribution in [0.5, 0.6) is 0 Å². The van der Waals surface area contributed by atoms with E-state index in [-0.39, 0.29) is 5.41 Å². The highest BCUT2D eigenvalue weighted by atomic mass is 16.4. The van der Waals surface area contributed by atoms with Gasteiger partial charge in [0.15, 0.2) is 0 Å². The Morgan fingerprint density at radius 2 is 1.86 bits per heavy atom. The molecule has 0 atom stereocenters. The predicted octanol–water partition coefficient (Wildman–Crippen LogP) is 5.60. The van der Waals surface area contributed by atoms with E-state index in [1.165, 1.54) is 36.5 Å². The van der Waals surface area contributed by atoms with Crippen molar-refractivity contribution in [2.75, 3.05) is 0 Å². The summed E-state index contributed by atoms with van der Waals surface area (Å²) in [5.74, 6) is -0.912. The van der Waals surface area contributed by atoms with Gasteiger partial charge < -0.3 is 5.11 Å². The van der Waals surface area contributed by atoms with E-state index in [2.05, 4.69) is 39.8 Å². The molecule has 0 amide bonds. The van der Waals surface area contributed by atoms with Crippen LogP contribution in [0.3, 0.4) is 0 Å². The predicted molar refractivity (Wildman–Crippen MR) is 93.8 cm³/mol. The van der Waals surface area contributed by atoms with Gasteiger partial charge in [0.05, 0.1) is 0 Å². The lowest BCUT2D eigenvalue weighted by molar-refractivity contribution is -0.131. The highest BCUT2D eigenvalue weighted by Crippen LogP contribution is 2.40. The van der Waals surface area contributed by atoms with Crippen LogP contribution in [0.2, 0.25) is 0 Å². The molecular formula is C20H28O2. The van der Waals surface area contributed by atoms with Crippen LogP contribution in [0.25, 0.3) is 0 Å². The number of carboxylic acid groups (broad SMARTS) is 1. The first-order chi connectivity index (χ1) is 10.2. The van der Waals surface area contributed by atoms with E-state index in [1.807, 2.05) is 12.2 Å². The molecule has 0 radical (unpaired) electrons. The van der Waals surface area contributed by atoms with Crippen molar-refractivity contribution < 1.29 is 9.90 Å².